The number of rotatable bonds is 5. The fourth-order valence-corrected chi connectivity index (χ4v) is 3.04. The predicted molar refractivity (Wildman–Crippen MR) is 74.6 cm³/mol. The Balaban J connectivity index is 1.90. The van der Waals surface area contributed by atoms with Crippen molar-refractivity contribution in [2.75, 3.05) is 26.7 Å². The maximum Gasteiger partial charge on any atom is 0.118 e. The average Bonchev–Trinajstić information content (AvgIpc) is 2.75. The Kier molecular flexibility index (Phi) is 4.46. The molecular formula is C15H26N2O. The lowest BCUT2D eigenvalue weighted by Gasteiger charge is -2.39. The van der Waals surface area contributed by atoms with Crippen LogP contribution in [0.1, 0.15) is 37.7 Å². The molecule has 18 heavy (non-hydrogen) atoms. The molecule has 2 heterocycles. The largest absolute Gasteiger partial charge is 0.465 e. The molecule has 1 aromatic heterocycles. The number of piperidine rings is 1. The smallest absolute Gasteiger partial charge is 0.118 e. The molecule has 3 nitrogen and oxygen atoms in total. The van der Waals surface area contributed by atoms with E-state index in [1.807, 2.05) is 13.0 Å². The van der Waals surface area contributed by atoms with Gasteiger partial charge in [-0.1, -0.05) is 6.92 Å². The first-order chi connectivity index (χ1) is 8.63. The molecular weight excluding hydrogens is 224 g/mol. The van der Waals surface area contributed by atoms with Crippen LogP contribution in [0.15, 0.2) is 16.5 Å². The van der Waals surface area contributed by atoms with Gasteiger partial charge in [0.15, 0.2) is 0 Å². The predicted octanol–water partition coefficient (Wildman–Crippen LogP) is 2.80. The van der Waals surface area contributed by atoms with Gasteiger partial charge >= 0.3 is 0 Å². The second-order valence-corrected chi connectivity index (χ2v) is 5.82. The minimum atomic E-state index is 0.453. The molecule has 0 amide bonds. The highest BCUT2D eigenvalue weighted by atomic mass is 16.3. The zero-order chi connectivity index (χ0) is 13.0. The Hall–Kier alpha value is -0.800. The Bertz CT molecular complexity index is 366. The van der Waals surface area contributed by atoms with Gasteiger partial charge in [-0.05, 0) is 57.3 Å². The van der Waals surface area contributed by atoms with E-state index in [2.05, 4.69) is 30.3 Å². The van der Waals surface area contributed by atoms with E-state index in [9.17, 15) is 0 Å². The van der Waals surface area contributed by atoms with E-state index in [4.69, 9.17) is 4.42 Å². The molecule has 1 N–H and O–H groups in total. The lowest BCUT2D eigenvalue weighted by atomic mass is 9.78. The normalized spacial score (nSPS) is 24.7. The van der Waals surface area contributed by atoms with Crippen LogP contribution in [-0.2, 0) is 6.54 Å². The maximum atomic E-state index is 5.65. The molecule has 0 saturated carbocycles. The lowest BCUT2D eigenvalue weighted by molar-refractivity contribution is 0.120. The first kappa shape index (κ1) is 13.6. The molecule has 3 heteroatoms. The molecule has 0 bridgehead atoms. The minimum Gasteiger partial charge on any atom is -0.465 e. The molecule has 1 atom stereocenters. The van der Waals surface area contributed by atoms with Gasteiger partial charge in [-0.25, -0.2) is 0 Å². The SMILES string of the molecule is CCC1(CN(C)Cc2ccc(C)o2)CCCNC1. The molecule has 0 radical (unpaired) electrons. The summed E-state index contributed by atoms with van der Waals surface area (Å²) < 4.78 is 5.65. The molecule has 1 aromatic rings. The van der Waals surface area contributed by atoms with E-state index in [-0.39, 0.29) is 0 Å². The molecule has 1 saturated heterocycles. The Morgan fingerprint density at radius 2 is 2.28 bits per heavy atom. The quantitative estimate of drug-likeness (QED) is 0.871. The molecule has 1 fully saturated rings. The van der Waals surface area contributed by atoms with E-state index < -0.39 is 0 Å². The van der Waals surface area contributed by atoms with Crippen LogP contribution in [0.3, 0.4) is 0 Å². The molecule has 1 aliphatic heterocycles. The number of nitrogens with one attached hydrogen (secondary N) is 1. The summed E-state index contributed by atoms with van der Waals surface area (Å²) in [7, 11) is 2.20. The second kappa shape index (κ2) is 5.89. The van der Waals surface area contributed by atoms with E-state index in [1.54, 1.807) is 0 Å². The highest BCUT2D eigenvalue weighted by Gasteiger charge is 2.31. The van der Waals surface area contributed by atoms with Gasteiger partial charge in [0.1, 0.15) is 11.5 Å². The van der Waals surface area contributed by atoms with Crippen LogP contribution in [0, 0.1) is 12.3 Å². The third-order valence-electron chi connectivity index (χ3n) is 4.14. The van der Waals surface area contributed by atoms with Crippen molar-refractivity contribution in [3.63, 3.8) is 0 Å². The summed E-state index contributed by atoms with van der Waals surface area (Å²) >= 11 is 0. The van der Waals surface area contributed by atoms with E-state index in [0.717, 1.165) is 31.2 Å². The maximum absolute atomic E-state index is 5.65. The molecule has 0 aromatic carbocycles. The molecule has 0 aliphatic carbocycles. The van der Waals surface area contributed by atoms with Gasteiger partial charge in [0.2, 0.25) is 0 Å². The third kappa shape index (κ3) is 3.36. The number of nitrogens with zero attached hydrogens (tertiary/aromatic N) is 1. The highest BCUT2D eigenvalue weighted by molar-refractivity contribution is 5.05. The summed E-state index contributed by atoms with van der Waals surface area (Å²) in [6, 6.07) is 4.13. The van der Waals surface area contributed by atoms with Crippen molar-refractivity contribution < 1.29 is 4.42 Å². The Labute approximate surface area is 111 Å². The molecule has 102 valence electrons. The number of hydrogen-bond acceptors (Lipinski definition) is 3. The van der Waals surface area contributed by atoms with Gasteiger partial charge in [0, 0.05) is 13.1 Å². The van der Waals surface area contributed by atoms with E-state index in [0.29, 0.717) is 5.41 Å². The van der Waals surface area contributed by atoms with Crippen molar-refractivity contribution in [1.82, 2.24) is 10.2 Å². The lowest BCUT2D eigenvalue weighted by Crippen LogP contribution is -2.46. The zero-order valence-electron chi connectivity index (χ0n) is 12.0. The van der Waals surface area contributed by atoms with Crippen molar-refractivity contribution in [1.29, 1.82) is 0 Å². The van der Waals surface area contributed by atoms with Crippen LogP contribution >= 0.6 is 0 Å². The first-order valence-corrected chi connectivity index (χ1v) is 7.08. The van der Waals surface area contributed by atoms with Crippen LogP contribution in [0.4, 0.5) is 0 Å². The summed E-state index contributed by atoms with van der Waals surface area (Å²) in [6.07, 6.45) is 3.90. The van der Waals surface area contributed by atoms with Crippen molar-refractivity contribution in [3.05, 3.63) is 23.7 Å². The topological polar surface area (TPSA) is 28.4 Å². The van der Waals surface area contributed by atoms with Crippen molar-refractivity contribution >= 4 is 0 Å². The molecule has 1 unspecified atom stereocenters. The minimum absolute atomic E-state index is 0.453. The number of aryl methyl sites for hydroxylation is 1. The van der Waals surface area contributed by atoms with Gasteiger partial charge in [-0.2, -0.15) is 0 Å². The summed E-state index contributed by atoms with van der Waals surface area (Å²) in [6.45, 7) is 8.72. The van der Waals surface area contributed by atoms with Gasteiger partial charge in [0.05, 0.1) is 6.54 Å². The van der Waals surface area contributed by atoms with Crippen molar-refractivity contribution in [3.8, 4) is 0 Å². The summed E-state index contributed by atoms with van der Waals surface area (Å²) in [5, 5.41) is 3.55. The summed E-state index contributed by atoms with van der Waals surface area (Å²) in [4.78, 5) is 2.40. The van der Waals surface area contributed by atoms with Gasteiger partial charge in [-0.3, -0.25) is 4.90 Å². The number of furan rings is 1. The Morgan fingerprint density at radius 3 is 2.83 bits per heavy atom. The fraction of sp³-hybridized carbons (Fsp3) is 0.733. The van der Waals surface area contributed by atoms with Crippen LogP contribution in [-0.4, -0.2) is 31.6 Å². The summed E-state index contributed by atoms with van der Waals surface area (Å²) in [5.74, 6) is 2.08. The van der Waals surface area contributed by atoms with Gasteiger partial charge in [0.25, 0.3) is 0 Å². The highest BCUT2D eigenvalue weighted by Crippen LogP contribution is 2.31. The van der Waals surface area contributed by atoms with E-state index >= 15 is 0 Å². The van der Waals surface area contributed by atoms with Crippen LogP contribution < -0.4 is 5.32 Å². The van der Waals surface area contributed by atoms with Crippen molar-refractivity contribution in [2.24, 2.45) is 5.41 Å². The fourth-order valence-electron chi connectivity index (χ4n) is 3.04. The monoisotopic (exact) mass is 250 g/mol. The molecule has 2 rings (SSSR count). The Morgan fingerprint density at radius 1 is 1.44 bits per heavy atom. The van der Waals surface area contributed by atoms with Gasteiger partial charge in [-0.15, -0.1) is 0 Å². The van der Waals surface area contributed by atoms with Crippen LogP contribution in [0.25, 0.3) is 0 Å². The zero-order valence-corrected chi connectivity index (χ0v) is 12.0. The van der Waals surface area contributed by atoms with Crippen LogP contribution in [0.2, 0.25) is 0 Å². The third-order valence-corrected chi connectivity index (χ3v) is 4.14. The van der Waals surface area contributed by atoms with Gasteiger partial charge < -0.3 is 9.73 Å². The standard InChI is InChI=1S/C15H26N2O/c1-4-15(8-5-9-16-11-15)12-17(3)10-14-7-6-13(2)18-14/h6-7,16H,4-5,8-12H2,1-3H3. The second-order valence-electron chi connectivity index (χ2n) is 5.82. The number of hydrogen-bond donors (Lipinski definition) is 1. The average molecular weight is 250 g/mol. The van der Waals surface area contributed by atoms with Crippen LogP contribution in [0.5, 0.6) is 0 Å². The van der Waals surface area contributed by atoms with E-state index in [1.165, 1.54) is 25.8 Å². The van der Waals surface area contributed by atoms with Crippen molar-refractivity contribution in [2.45, 2.75) is 39.7 Å². The molecule has 1 aliphatic rings. The first-order valence-electron chi connectivity index (χ1n) is 7.08. The summed E-state index contributed by atoms with van der Waals surface area (Å²) in [5.41, 5.74) is 0.453. The molecule has 0 spiro atoms.